The van der Waals surface area contributed by atoms with Crippen molar-refractivity contribution in [2.24, 2.45) is 11.1 Å². The van der Waals surface area contributed by atoms with Crippen LogP contribution in [0.4, 0.5) is 0 Å². The molecule has 1 unspecified atom stereocenters. The van der Waals surface area contributed by atoms with E-state index in [9.17, 15) is 0 Å². The summed E-state index contributed by atoms with van der Waals surface area (Å²) in [5, 5.41) is 1.23. The lowest BCUT2D eigenvalue weighted by Crippen LogP contribution is -2.16. The first-order valence-electron chi connectivity index (χ1n) is 5.06. The molecule has 0 radical (unpaired) electrons. The molecule has 80 valence electrons. The highest BCUT2D eigenvalue weighted by molar-refractivity contribution is 7.11. The smallest absolute Gasteiger partial charge is 0.0932 e. The van der Waals surface area contributed by atoms with Crippen LogP contribution >= 0.6 is 11.3 Å². The van der Waals surface area contributed by atoms with Crippen molar-refractivity contribution in [1.82, 2.24) is 4.98 Å². The third-order valence-electron chi connectivity index (χ3n) is 1.81. The third kappa shape index (κ3) is 4.20. The molecule has 0 saturated heterocycles. The van der Waals surface area contributed by atoms with Gasteiger partial charge in [-0.15, -0.1) is 11.3 Å². The number of nitrogens with two attached hydrogens (primary N) is 1. The van der Waals surface area contributed by atoms with Crippen LogP contribution in [-0.2, 0) is 12.8 Å². The van der Waals surface area contributed by atoms with Crippen LogP contribution in [0, 0.1) is 5.41 Å². The van der Waals surface area contributed by atoms with Crippen molar-refractivity contribution in [3.63, 3.8) is 0 Å². The molecular formula is C11H20N2S. The Bertz CT molecular complexity index is 284. The Morgan fingerprint density at radius 2 is 2.14 bits per heavy atom. The number of hydrogen-bond acceptors (Lipinski definition) is 3. The lowest BCUT2D eigenvalue weighted by molar-refractivity contribution is 0.410. The van der Waals surface area contributed by atoms with Gasteiger partial charge in [0.1, 0.15) is 0 Å². The Balaban J connectivity index is 2.60. The van der Waals surface area contributed by atoms with E-state index in [0.29, 0.717) is 5.41 Å². The molecule has 2 N–H and O–H groups in total. The molecule has 1 aromatic heterocycles. The zero-order chi connectivity index (χ0) is 10.8. The van der Waals surface area contributed by atoms with Crippen molar-refractivity contribution < 1.29 is 0 Å². The van der Waals surface area contributed by atoms with E-state index in [2.05, 4.69) is 25.8 Å². The minimum Gasteiger partial charge on any atom is -0.328 e. The summed E-state index contributed by atoms with van der Waals surface area (Å²) >= 11 is 1.80. The molecule has 0 aromatic carbocycles. The monoisotopic (exact) mass is 212 g/mol. The minimum absolute atomic E-state index is 0.234. The predicted molar refractivity (Wildman–Crippen MR) is 62.6 cm³/mol. The first-order chi connectivity index (χ1) is 6.37. The van der Waals surface area contributed by atoms with Crippen LogP contribution in [0.25, 0.3) is 0 Å². The Labute approximate surface area is 90.6 Å². The van der Waals surface area contributed by atoms with Gasteiger partial charge in [-0.25, -0.2) is 4.98 Å². The summed E-state index contributed by atoms with van der Waals surface area (Å²) in [6, 6.07) is 0.234. The van der Waals surface area contributed by atoms with Crippen molar-refractivity contribution in [3.05, 3.63) is 16.1 Å². The van der Waals surface area contributed by atoms with E-state index in [1.54, 1.807) is 11.3 Å². The van der Waals surface area contributed by atoms with E-state index >= 15 is 0 Å². The maximum Gasteiger partial charge on any atom is 0.0932 e. The van der Waals surface area contributed by atoms with E-state index in [1.807, 2.05) is 13.1 Å². The predicted octanol–water partition coefficient (Wildman–Crippen LogP) is 2.62. The largest absolute Gasteiger partial charge is 0.328 e. The van der Waals surface area contributed by atoms with Crippen molar-refractivity contribution >= 4 is 11.3 Å². The fraction of sp³-hybridized carbons (Fsp3) is 0.727. The average molecular weight is 212 g/mol. The molecule has 1 atom stereocenters. The van der Waals surface area contributed by atoms with E-state index in [0.717, 1.165) is 12.8 Å². The van der Waals surface area contributed by atoms with Gasteiger partial charge in [-0.3, -0.25) is 0 Å². The zero-order valence-corrected chi connectivity index (χ0v) is 10.3. The van der Waals surface area contributed by atoms with Gasteiger partial charge in [-0.1, -0.05) is 20.8 Å². The molecule has 0 aliphatic heterocycles. The Hall–Kier alpha value is -0.410. The zero-order valence-electron chi connectivity index (χ0n) is 9.50. The van der Waals surface area contributed by atoms with Crippen LogP contribution in [0.5, 0.6) is 0 Å². The third-order valence-corrected chi connectivity index (χ3v) is 2.83. The highest BCUT2D eigenvalue weighted by atomic mass is 32.1. The van der Waals surface area contributed by atoms with E-state index in [-0.39, 0.29) is 6.04 Å². The number of rotatable bonds is 3. The van der Waals surface area contributed by atoms with Gasteiger partial charge in [0.2, 0.25) is 0 Å². The van der Waals surface area contributed by atoms with E-state index < -0.39 is 0 Å². The first-order valence-corrected chi connectivity index (χ1v) is 5.87. The molecule has 1 aromatic rings. The van der Waals surface area contributed by atoms with Gasteiger partial charge in [0.25, 0.3) is 0 Å². The molecule has 0 saturated carbocycles. The van der Waals surface area contributed by atoms with Gasteiger partial charge in [0.15, 0.2) is 0 Å². The molecule has 0 bridgehead atoms. The second-order valence-corrected chi connectivity index (χ2v) is 6.34. The lowest BCUT2D eigenvalue weighted by Gasteiger charge is -2.15. The van der Waals surface area contributed by atoms with Gasteiger partial charge in [-0.05, 0) is 18.8 Å². The fourth-order valence-corrected chi connectivity index (χ4v) is 2.66. The van der Waals surface area contributed by atoms with Crippen molar-refractivity contribution in [2.75, 3.05) is 0 Å². The lowest BCUT2D eigenvalue weighted by atomic mass is 9.93. The molecule has 1 rings (SSSR count). The van der Waals surface area contributed by atoms with E-state index in [4.69, 9.17) is 5.73 Å². The summed E-state index contributed by atoms with van der Waals surface area (Å²) < 4.78 is 0. The number of aromatic nitrogens is 1. The van der Waals surface area contributed by atoms with Crippen LogP contribution in [0.2, 0.25) is 0 Å². The van der Waals surface area contributed by atoms with Gasteiger partial charge in [0, 0.05) is 23.5 Å². The van der Waals surface area contributed by atoms with Crippen molar-refractivity contribution in [3.8, 4) is 0 Å². The maximum absolute atomic E-state index is 5.74. The fourth-order valence-electron chi connectivity index (χ4n) is 1.30. The Kier molecular flexibility index (Phi) is 3.67. The highest BCUT2D eigenvalue weighted by Gasteiger charge is 2.14. The van der Waals surface area contributed by atoms with Gasteiger partial charge < -0.3 is 5.73 Å². The van der Waals surface area contributed by atoms with Gasteiger partial charge >= 0.3 is 0 Å². The summed E-state index contributed by atoms with van der Waals surface area (Å²) in [6.07, 6.45) is 3.97. The molecule has 0 amide bonds. The summed E-state index contributed by atoms with van der Waals surface area (Å²) in [5.74, 6) is 0. The summed E-state index contributed by atoms with van der Waals surface area (Å²) in [5.41, 5.74) is 6.06. The van der Waals surface area contributed by atoms with Crippen LogP contribution in [0.3, 0.4) is 0 Å². The first kappa shape index (κ1) is 11.7. The molecule has 2 nitrogen and oxygen atoms in total. The number of thiazole rings is 1. The second-order valence-electron chi connectivity index (χ2n) is 5.14. The number of hydrogen-bond donors (Lipinski definition) is 1. The molecule has 0 aliphatic rings. The Morgan fingerprint density at radius 1 is 1.50 bits per heavy atom. The molecule has 0 spiro atoms. The standard InChI is InChI=1S/C11H20N2S/c1-8(12)5-9-7-13-10(14-9)6-11(2,3)4/h7-8H,5-6,12H2,1-4H3. The van der Waals surface area contributed by atoms with Crippen molar-refractivity contribution in [2.45, 2.75) is 46.6 Å². The summed E-state index contributed by atoms with van der Waals surface area (Å²) in [4.78, 5) is 5.72. The summed E-state index contributed by atoms with van der Waals surface area (Å²) in [7, 11) is 0. The minimum atomic E-state index is 0.234. The quantitative estimate of drug-likeness (QED) is 0.836. The van der Waals surface area contributed by atoms with Gasteiger partial charge in [-0.2, -0.15) is 0 Å². The average Bonchev–Trinajstić information content (AvgIpc) is 2.30. The maximum atomic E-state index is 5.74. The molecule has 14 heavy (non-hydrogen) atoms. The Morgan fingerprint density at radius 3 is 2.64 bits per heavy atom. The van der Waals surface area contributed by atoms with Crippen LogP contribution in [0.15, 0.2) is 6.20 Å². The highest BCUT2D eigenvalue weighted by Crippen LogP contribution is 2.24. The van der Waals surface area contributed by atoms with Crippen LogP contribution in [0.1, 0.15) is 37.6 Å². The molecular weight excluding hydrogens is 192 g/mol. The molecule has 3 heteroatoms. The molecule has 0 aliphatic carbocycles. The van der Waals surface area contributed by atoms with Gasteiger partial charge in [0.05, 0.1) is 5.01 Å². The molecule has 0 fully saturated rings. The second kappa shape index (κ2) is 4.41. The SMILES string of the molecule is CC(N)Cc1cnc(CC(C)(C)C)s1. The van der Waals surface area contributed by atoms with Crippen molar-refractivity contribution in [1.29, 1.82) is 0 Å². The normalized spacial score (nSPS) is 14.4. The number of nitrogens with zero attached hydrogens (tertiary/aromatic N) is 1. The topological polar surface area (TPSA) is 38.9 Å². The van der Waals surface area contributed by atoms with Crippen LogP contribution in [-0.4, -0.2) is 11.0 Å². The van der Waals surface area contributed by atoms with E-state index in [1.165, 1.54) is 9.88 Å². The molecule has 1 heterocycles. The summed E-state index contributed by atoms with van der Waals surface area (Å²) in [6.45, 7) is 8.74. The van der Waals surface area contributed by atoms with Crippen LogP contribution < -0.4 is 5.73 Å².